The summed E-state index contributed by atoms with van der Waals surface area (Å²) < 4.78 is 10.5. The smallest absolute Gasteiger partial charge is 0.414 e. The summed E-state index contributed by atoms with van der Waals surface area (Å²) >= 11 is 0. The number of nitrogens with zero attached hydrogens (tertiary/aromatic N) is 1. The molecule has 18 heavy (non-hydrogen) atoms. The largest absolute Gasteiger partial charge is 0.494 e. The Morgan fingerprint density at radius 1 is 1.44 bits per heavy atom. The Bertz CT molecular complexity index is 405. The third-order valence-electron chi connectivity index (χ3n) is 2.90. The van der Waals surface area contributed by atoms with Gasteiger partial charge in [0.1, 0.15) is 5.75 Å². The van der Waals surface area contributed by atoms with E-state index in [0.29, 0.717) is 26.3 Å². The Kier molecular flexibility index (Phi) is 4.04. The zero-order valence-electron chi connectivity index (χ0n) is 10.5. The molecule has 0 aromatic heterocycles. The predicted molar refractivity (Wildman–Crippen MR) is 68.8 cm³/mol. The molecule has 0 saturated carbocycles. The van der Waals surface area contributed by atoms with Gasteiger partial charge in [-0.2, -0.15) is 0 Å². The van der Waals surface area contributed by atoms with Gasteiger partial charge in [-0.3, -0.25) is 4.90 Å². The average molecular weight is 250 g/mol. The van der Waals surface area contributed by atoms with Gasteiger partial charge < -0.3 is 15.2 Å². The number of amides is 1. The van der Waals surface area contributed by atoms with E-state index in [0.717, 1.165) is 11.4 Å². The maximum Gasteiger partial charge on any atom is 0.414 e. The van der Waals surface area contributed by atoms with Gasteiger partial charge in [-0.05, 0) is 31.2 Å². The minimum Gasteiger partial charge on any atom is -0.494 e. The molecule has 0 spiro atoms. The van der Waals surface area contributed by atoms with Crippen LogP contribution in [0.1, 0.15) is 6.92 Å². The molecule has 1 fully saturated rings. The molecule has 1 aromatic carbocycles. The second kappa shape index (κ2) is 5.73. The van der Waals surface area contributed by atoms with Gasteiger partial charge >= 0.3 is 6.09 Å². The fourth-order valence-corrected chi connectivity index (χ4v) is 1.89. The summed E-state index contributed by atoms with van der Waals surface area (Å²) in [7, 11) is 0. The molecular weight excluding hydrogens is 232 g/mol. The van der Waals surface area contributed by atoms with Gasteiger partial charge in [-0.15, -0.1) is 0 Å². The van der Waals surface area contributed by atoms with E-state index in [9.17, 15) is 4.79 Å². The highest BCUT2D eigenvalue weighted by atomic mass is 16.6. The van der Waals surface area contributed by atoms with Crippen LogP contribution in [0.3, 0.4) is 0 Å². The van der Waals surface area contributed by atoms with E-state index in [4.69, 9.17) is 15.2 Å². The Hall–Kier alpha value is -1.75. The summed E-state index contributed by atoms with van der Waals surface area (Å²) in [4.78, 5) is 13.3. The van der Waals surface area contributed by atoms with E-state index in [-0.39, 0.29) is 12.0 Å². The van der Waals surface area contributed by atoms with Crippen LogP contribution in [0.25, 0.3) is 0 Å². The lowest BCUT2D eigenvalue weighted by Crippen LogP contribution is -2.45. The standard InChI is InChI=1S/C13H18N2O3/c1-2-17-12-5-3-11(4-6-12)15-8-10(7-14)9-18-13(15)16/h3-6,10H,2,7-9,14H2,1H3. The zero-order chi connectivity index (χ0) is 13.0. The summed E-state index contributed by atoms with van der Waals surface area (Å²) in [6.07, 6.45) is -0.316. The number of carbonyl (C=O) groups is 1. The molecule has 2 N–H and O–H groups in total. The van der Waals surface area contributed by atoms with Crippen molar-refractivity contribution >= 4 is 11.8 Å². The van der Waals surface area contributed by atoms with Crippen LogP contribution in [0.5, 0.6) is 5.75 Å². The van der Waals surface area contributed by atoms with Crippen LogP contribution >= 0.6 is 0 Å². The SMILES string of the molecule is CCOc1ccc(N2CC(CN)COC2=O)cc1. The molecule has 1 unspecified atom stereocenters. The second-order valence-electron chi connectivity index (χ2n) is 4.22. The van der Waals surface area contributed by atoms with E-state index < -0.39 is 0 Å². The summed E-state index contributed by atoms with van der Waals surface area (Å²) in [5.41, 5.74) is 6.42. The van der Waals surface area contributed by atoms with E-state index in [1.54, 1.807) is 4.90 Å². The first-order valence-electron chi connectivity index (χ1n) is 6.11. The number of hydrogen-bond donors (Lipinski definition) is 1. The highest BCUT2D eigenvalue weighted by Crippen LogP contribution is 2.23. The zero-order valence-corrected chi connectivity index (χ0v) is 10.5. The summed E-state index contributed by atoms with van der Waals surface area (Å²) in [6.45, 7) is 4.08. The van der Waals surface area contributed by atoms with Gasteiger partial charge in [0.2, 0.25) is 0 Å². The van der Waals surface area contributed by atoms with Crippen molar-refractivity contribution in [3.8, 4) is 5.75 Å². The summed E-state index contributed by atoms with van der Waals surface area (Å²) in [5.74, 6) is 0.983. The fraction of sp³-hybridized carbons (Fsp3) is 0.462. The normalized spacial score (nSPS) is 19.6. The molecule has 0 bridgehead atoms. The molecule has 1 aliphatic rings. The number of nitrogens with two attached hydrogens (primary N) is 1. The summed E-state index contributed by atoms with van der Waals surface area (Å²) in [6, 6.07) is 7.40. The van der Waals surface area contributed by atoms with Crippen molar-refractivity contribution in [2.45, 2.75) is 6.92 Å². The molecule has 1 amide bonds. The van der Waals surface area contributed by atoms with Gasteiger partial charge in [0, 0.05) is 24.7 Å². The number of rotatable bonds is 4. The molecule has 1 atom stereocenters. The molecule has 1 aromatic rings. The van der Waals surface area contributed by atoms with Crippen LogP contribution in [0.4, 0.5) is 10.5 Å². The molecular formula is C13H18N2O3. The second-order valence-corrected chi connectivity index (χ2v) is 4.22. The van der Waals surface area contributed by atoms with Gasteiger partial charge in [-0.1, -0.05) is 0 Å². The van der Waals surface area contributed by atoms with Crippen LogP contribution < -0.4 is 15.4 Å². The van der Waals surface area contributed by atoms with Crippen molar-refractivity contribution in [2.24, 2.45) is 11.7 Å². The van der Waals surface area contributed by atoms with E-state index in [1.807, 2.05) is 31.2 Å². The molecule has 5 nitrogen and oxygen atoms in total. The number of benzene rings is 1. The van der Waals surface area contributed by atoms with Crippen molar-refractivity contribution < 1.29 is 14.3 Å². The quantitative estimate of drug-likeness (QED) is 0.881. The Labute approximate surface area is 106 Å². The molecule has 5 heteroatoms. The van der Waals surface area contributed by atoms with Crippen LogP contribution in [0.2, 0.25) is 0 Å². The van der Waals surface area contributed by atoms with Crippen molar-refractivity contribution in [2.75, 3.05) is 31.2 Å². The van der Waals surface area contributed by atoms with Crippen molar-refractivity contribution in [1.82, 2.24) is 0 Å². The van der Waals surface area contributed by atoms with Crippen LogP contribution in [0.15, 0.2) is 24.3 Å². The maximum atomic E-state index is 11.7. The lowest BCUT2D eigenvalue weighted by Gasteiger charge is -2.31. The molecule has 2 rings (SSSR count). The monoisotopic (exact) mass is 250 g/mol. The lowest BCUT2D eigenvalue weighted by molar-refractivity contribution is 0.117. The predicted octanol–water partition coefficient (Wildman–Crippen LogP) is 1.62. The van der Waals surface area contributed by atoms with Crippen molar-refractivity contribution in [3.05, 3.63) is 24.3 Å². The van der Waals surface area contributed by atoms with Gasteiger partial charge in [-0.25, -0.2) is 4.79 Å². The van der Waals surface area contributed by atoms with E-state index >= 15 is 0 Å². The van der Waals surface area contributed by atoms with Gasteiger partial charge in [0.05, 0.1) is 13.2 Å². The minimum absolute atomic E-state index is 0.189. The van der Waals surface area contributed by atoms with Crippen molar-refractivity contribution in [1.29, 1.82) is 0 Å². The highest BCUT2D eigenvalue weighted by molar-refractivity contribution is 5.88. The van der Waals surface area contributed by atoms with Gasteiger partial charge in [0.15, 0.2) is 0 Å². The Morgan fingerprint density at radius 2 is 2.17 bits per heavy atom. The summed E-state index contributed by atoms with van der Waals surface area (Å²) in [5, 5.41) is 0. The number of cyclic esters (lactones) is 1. The number of ether oxygens (including phenoxy) is 2. The average Bonchev–Trinajstić information content (AvgIpc) is 2.41. The number of anilines is 1. The third kappa shape index (κ3) is 2.73. The number of carbonyl (C=O) groups excluding carboxylic acids is 1. The third-order valence-corrected chi connectivity index (χ3v) is 2.90. The highest BCUT2D eigenvalue weighted by Gasteiger charge is 2.27. The Balaban J connectivity index is 2.11. The molecule has 98 valence electrons. The van der Waals surface area contributed by atoms with E-state index in [2.05, 4.69) is 0 Å². The first kappa shape index (κ1) is 12.7. The fourth-order valence-electron chi connectivity index (χ4n) is 1.89. The first-order valence-corrected chi connectivity index (χ1v) is 6.11. The van der Waals surface area contributed by atoms with Crippen molar-refractivity contribution in [3.63, 3.8) is 0 Å². The van der Waals surface area contributed by atoms with Gasteiger partial charge in [0.25, 0.3) is 0 Å². The molecule has 1 heterocycles. The maximum absolute atomic E-state index is 11.7. The number of hydrogen-bond acceptors (Lipinski definition) is 4. The van der Waals surface area contributed by atoms with Crippen LogP contribution in [0, 0.1) is 5.92 Å². The molecule has 1 aliphatic heterocycles. The Morgan fingerprint density at radius 3 is 2.78 bits per heavy atom. The molecule has 0 radical (unpaired) electrons. The van der Waals surface area contributed by atoms with E-state index in [1.165, 1.54) is 0 Å². The molecule has 1 saturated heterocycles. The topological polar surface area (TPSA) is 64.8 Å². The molecule has 0 aliphatic carbocycles. The lowest BCUT2D eigenvalue weighted by atomic mass is 10.1. The minimum atomic E-state index is -0.316. The van der Waals surface area contributed by atoms with Crippen LogP contribution in [-0.2, 0) is 4.74 Å². The first-order chi connectivity index (χ1) is 8.74. The van der Waals surface area contributed by atoms with Crippen LogP contribution in [-0.4, -0.2) is 32.4 Å².